The largest absolute Gasteiger partial charge is 0.480 e. The van der Waals surface area contributed by atoms with Crippen LogP contribution in [-0.4, -0.2) is 29.7 Å². The number of carboxylic acid groups (broad SMARTS) is 1. The molecule has 1 aromatic carbocycles. The number of nitrogens with zero attached hydrogens (tertiary/aromatic N) is 1. The van der Waals surface area contributed by atoms with Crippen molar-refractivity contribution in [2.24, 2.45) is 5.41 Å². The van der Waals surface area contributed by atoms with E-state index in [1.807, 2.05) is 18.2 Å². The molecule has 0 spiro atoms. The van der Waals surface area contributed by atoms with Crippen LogP contribution in [0.2, 0.25) is 0 Å². The van der Waals surface area contributed by atoms with Crippen LogP contribution >= 0.6 is 0 Å². The first-order chi connectivity index (χ1) is 9.79. The first-order valence-electron chi connectivity index (χ1n) is 7.17. The minimum atomic E-state index is -0.975. The number of hydrogen-bond donors (Lipinski definition) is 2. The summed E-state index contributed by atoms with van der Waals surface area (Å²) in [6, 6.07) is 6.18. The first-order valence-corrected chi connectivity index (χ1v) is 7.17. The van der Waals surface area contributed by atoms with Crippen molar-refractivity contribution in [2.75, 3.05) is 11.4 Å². The minimum Gasteiger partial charge on any atom is -0.480 e. The van der Waals surface area contributed by atoms with Crippen LogP contribution in [-0.2, 0) is 11.2 Å². The molecule has 2 rings (SSSR count). The number of rotatable bonds is 3. The summed E-state index contributed by atoms with van der Waals surface area (Å²) in [5.41, 5.74) is 1.72. The molecule has 1 aliphatic rings. The molecule has 5 heteroatoms. The van der Waals surface area contributed by atoms with Crippen molar-refractivity contribution in [3.8, 4) is 0 Å². The fourth-order valence-corrected chi connectivity index (χ4v) is 2.46. The number of carboxylic acids is 1. The van der Waals surface area contributed by atoms with Crippen LogP contribution in [0, 0.1) is 5.41 Å². The Kier molecular flexibility index (Phi) is 4.21. The molecule has 1 heterocycles. The normalized spacial score (nSPS) is 17.5. The summed E-state index contributed by atoms with van der Waals surface area (Å²) in [7, 11) is 0. The molecule has 1 aliphatic heterocycles. The van der Waals surface area contributed by atoms with E-state index in [2.05, 4.69) is 26.1 Å². The maximum atomic E-state index is 12.4. The van der Waals surface area contributed by atoms with Crippen molar-refractivity contribution < 1.29 is 14.7 Å². The van der Waals surface area contributed by atoms with Gasteiger partial charge in [0.25, 0.3) is 0 Å². The molecule has 0 saturated heterocycles. The van der Waals surface area contributed by atoms with Gasteiger partial charge in [0, 0.05) is 18.7 Å². The van der Waals surface area contributed by atoms with E-state index in [4.69, 9.17) is 0 Å². The Balaban J connectivity index is 2.11. The van der Waals surface area contributed by atoms with Crippen LogP contribution in [0.4, 0.5) is 10.5 Å². The molecule has 21 heavy (non-hydrogen) atoms. The van der Waals surface area contributed by atoms with E-state index in [1.165, 1.54) is 4.90 Å². The van der Waals surface area contributed by atoms with E-state index in [0.717, 1.165) is 12.0 Å². The second-order valence-corrected chi connectivity index (χ2v) is 6.60. The molecule has 0 aromatic heterocycles. The highest BCUT2D eigenvalue weighted by Crippen LogP contribution is 2.32. The number of para-hydroxylation sites is 1. The third-order valence-corrected chi connectivity index (χ3v) is 3.63. The summed E-state index contributed by atoms with van der Waals surface area (Å²) in [6.45, 7) is 6.84. The number of carbonyl (C=O) groups excluding carboxylic acids is 1. The van der Waals surface area contributed by atoms with Gasteiger partial charge >= 0.3 is 12.0 Å². The van der Waals surface area contributed by atoms with Crippen LogP contribution in [0.15, 0.2) is 24.3 Å². The zero-order chi connectivity index (χ0) is 15.6. The van der Waals surface area contributed by atoms with Gasteiger partial charge in [-0.1, -0.05) is 39.0 Å². The van der Waals surface area contributed by atoms with Gasteiger partial charge in [-0.25, -0.2) is 9.59 Å². The van der Waals surface area contributed by atoms with Crippen molar-refractivity contribution in [1.29, 1.82) is 0 Å². The summed E-state index contributed by atoms with van der Waals surface area (Å²) < 4.78 is 0. The first kappa shape index (κ1) is 15.4. The van der Waals surface area contributed by atoms with Gasteiger partial charge in [0.2, 0.25) is 0 Å². The predicted molar refractivity (Wildman–Crippen MR) is 81.5 cm³/mol. The fraction of sp³-hybridized carbons (Fsp3) is 0.500. The highest BCUT2D eigenvalue weighted by molar-refractivity contribution is 6.01. The van der Waals surface area contributed by atoms with Crippen molar-refractivity contribution in [2.45, 2.75) is 39.7 Å². The Morgan fingerprint density at radius 2 is 2.00 bits per heavy atom. The number of benzene rings is 1. The van der Waals surface area contributed by atoms with E-state index in [0.29, 0.717) is 18.7 Å². The molecule has 0 bridgehead atoms. The van der Waals surface area contributed by atoms with Gasteiger partial charge < -0.3 is 10.4 Å². The predicted octanol–water partition coefficient (Wildman–Crippen LogP) is 2.65. The van der Waals surface area contributed by atoms with Crippen molar-refractivity contribution in [3.63, 3.8) is 0 Å². The maximum Gasteiger partial charge on any atom is 0.327 e. The minimum absolute atomic E-state index is 0.127. The smallest absolute Gasteiger partial charge is 0.327 e. The standard InChI is InChI=1S/C16H22N2O3/c1-16(2,3)8-9-17-15(21)18-12-7-5-4-6-11(12)10-13(18)14(19)20/h4-7,13H,8-10H2,1-3H3,(H,17,21)(H,19,20)/t13-/m0/s1. The number of fused-ring (bicyclic) bond motifs is 1. The van der Waals surface area contributed by atoms with Crippen LogP contribution < -0.4 is 10.2 Å². The highest BCUT2D eigenvalue weighted by Gasteiger charge is 2.38. The molecule has 0 unspecified atom stereocenters. The van der Waals surface area contributed by atoms with Gasteiger partial charge in [-0.3, -0.25) is 4.90 Å². The van der Waals surface area contributed by atoms with Crippen molar-refractivity contribution in [1.82, 2.24) is 5.32 Å². The van der Waals surface area contributed by atoms with Crippen LogP contribution in [0.25, 0.3) is 0 Å². The van der Waals surface area contributed by atoms with E-state index in [9.17, 15) is 14.7 Å². The lowest BCUT2D eigenvalue weighted by molar-refractivity contribution is -0.138. The Morgan fingerprint density at radius 3 is 2.62 bits per heavy atom. The second kappa shape index (κ2) is 5.76. The molecule has 2 N–H and O–H groups in total. The summed E-state index contributed by atoms with van der Waals surface area (Å²) in [4.78, 5) is 25.1. The summed E-state index contributed by atoms with van der Waals surface area (Å²) in [5, 5.41) is 12.2. The number of anilines is 1. The lowest BCUT2D eigenvalue weighted by Crippen LogP contribution is -2.48. The van der Waals surface area contributed by atoms with Crippen LogP contribution in [0.5, 0.6) is 0 Å². The Bertz CT molecular complexity index is 549. The molecule has 2 amide bonds. The Morgan fingerprint density at radius 1 is 1.33 bits per heavy atom. The average Bonchev–Trinajstić information content (AvgIpc) is 2.76. The second-order valence-electron chi connectivity index (χ2n) is 6.60. The summed E-state index contributed by atoms with van der Waals surface area (Å²) in [6.07, 6.45) is 1.20. The topological polar surface area (TPSA) is 69.6 Å². The van der Waals surface area contributed by atoms with Gasteiger partial charge in [0.15, 0.2) is 0 Å². The molecule has 1 aromatic rings. The lowest BCUT2D eigenvalue weighted by Gasteiger charge is -2.24. The van der Waals surface area contributed by atoms with E-state index < -0.39 is 12.0 Å². The quantitative estimate of drug-likeness (QED) is 0.899. The number of nitrogens with one attached hydrogen (secondary N) is 1. The third kappa shape index (κ3) is 3.54. The molecule has 0 fully saturated rings. The number of amides is 2. The number of hydrogen-bond acceptors (Lipinski definition) is 2. The lowest BCUT2D eigenvalue weighted by atomic mass is 9.92. The third-order valence-electron chi connectivity index (χ3n) is 3.63. The van der Waals surface area contributed by atoms with E-state index in [1.54, 1.807) is 6.07 Å². The van der Waals surface area contributed by atoms with Gasteiger partial charge in [-0.05, 0) is 23.5 Å². The Labute approximate surface area is 125 Å². The zero-order valence-corrected chi connectivity index (χ0v) is 12.7. The maximum absolute atomic E-state index is 12.4. The summed E-state index contributed by atoms with van der Waals surface area (Å²) >= 11 is 0. The Hall–Kier alpha value is -2.04. The number of carbonyl (C=O) groups is 2. The van der Waals surface area contributed by atoms with Gasteiger partial charge in [-0.15, -0.1) is 0 Å². The van der Waals surface area contributed by atoms with Gasteiger partial charge in [-0.2, -0.15) is 0 Å². The number of urea groups is 1. The van der Waals surface area contributed by atoms with Crippen molar-refractivity contribution >= 4 is 17.7 Å². The van der Waals surface area contributed by atoms with Crippen molar-refractivity contribution in [3.05, 3.63) is 29.8 Å². The molecule has 1 atom stereocenters. The highest BCUT2D eigenvalue weighted by atomic mass is 16.4. The van der Waals surface area contributed by atoms with E-state index >= 15 is 0 Å². The monoisotopic (exact) mass is 290 g/mol. The molecular formula is C16H22N2O3. The van der Waals surface area contributed by atoms with Crippen LogP contribution in [0.1, 0.15) is 32.8 Å². The molecular weight excluding hydrogens is 268 g/mol. The van der Waals surface area contributed by atoms with Gasteiger partial charge in [0.05, 0.1) is 0 Å². The fourth-order valence-electron chi connectivity index (χ4n) is 2.46. The number of aliphatic carboxylic acids is 1. The average molecular weight is 290 g/mol. The zero-order valence-electron chi connectivity index (χ0n) is 12.7. The SMILES string of the molecule is CC(C)(C)CCNC(=O)N1c2ccccc2C[C@H]1C(=O)O. The summed E-state index contributed by atoms with van der Waals surface area (Å²) in [5.74, 6) is -0.975. The molecule has 0 saturated carbocycles. The molecule has 0 aliphatic carbocycles. The molecule has 114 valence electrons. The molecule has 0 radical (unpaired) electrons. The van der Waals surface area contributed by atoms with Crippen LogP contribution in [0.3, 0.4) is 0 Å². The van der Waals surface area contributed by atoms with Gasteiger partial charge in [0.1, 0.15) is 6.04 Å². The van der Waals surface area contributed by atoms with E-state index in [-0.39, 0.29) is 11.4 Å². The molecule has 5 nitrogen and oxygen atoms in total.